The molecule has 1 unspecified atom stereocenters. The second-order valence-electron chi connectivity index (χ2n) is 9.01. The van der Waals surface area contributed by atoms with Gasteiger partial charge in [0.25, 0.3) is 5.91 Å². The van der Waals surface area contributed by atoms with Crippen molar-refractivity contribution in [3.05, 3.63) is 42.5 Å². The van der Waals surface area contributed by atoms with E-state index in [1.807, 2.05) is 35.2 Å². The van der Waals surface area contributed by atoms with Gasteiger partial charge in [-0.1, -0.05) is 31.7 Å². The highest BCUT2D eigenvalue weighted by atomic mass is 28.4. The van der Waals surface area contributed by atoms with Crippen molar-refractivity contribution >= 4 is 37.5 Å². The number of carbonyl (C=O) groups excluding carboxylic acids is 1. The smallest absolute Gasteiger partial charge is 0.365 e. The van der Waals surface area contributed by atoms with Crippen LogP contribution in [0.3, 0.4) is 0 Å². The van der Waals surface area contributed by atoms with Gasteiger partial charge >= 0.3 is 9.28 Å². The maximum absolute atomic E-state index is 12.7. The molecule has 27 heavy (non-hydrogen) atoms. The van der Waals surface area contributed by atoms with Gasteiger partial charge in [0.05, 0.1) is 0 Å². The van der Waals surface area contributed by atoms with Gasteiger partial charge in [0.1, 0.15) is 0 Å². The van der Waals surface area contributed by atoms with Gasteiger partial charge in [0.2, 0.25) is 0 Å². The Morgan fingerprint density at radius 2 is 1.56 bits per heavy atom. The zero-order chi connectivity index (χ0) is 20.8. The average molecular weight is 423 g/mol. The van der Waals surface area contributed by atoms with Gasteiger partial charge in [0.15, 0.2) is 16.6 Å². The molecule has 0 fully saturated rings. The van der Waals surface area contributed by atoms with Crippen molar-refractivity contribution in [3.8, 4) is 0 Å². The molecule has 0 N–H and O–H groups in total. The number of amides is 1. The zero-order valence-electron chi connectivity index (χ0n) is 18.3. The predicted molar refractivity (Wildman–Crippen MR) is 122 cm³/mol. The molecule has 1 aromatic rings. The number of hydrogen-bond acceptors (Lipinski definition) is 3. The Labute approximate surface area is 169 Å². The number of nitrogens with zero attached hydrogens (tertiary/aromatic N) is 1. The van der Waals surface area contributed by atoms with Crippen LogP contribution in [-0.2, 0) is 13.0 Å². The quantitative estimate of drug-likeness (QED) is 0.365. The molecule has 7 heteroatoms. The van der Waals surface area contributed by atoms with Crippen molar-refractivity contribution in [2.45, 2.75) is 65.1 Å². The van der Waals surface area contributed by atoms with Crippen LogP contribution in [-0.4, -0.2) is 38.4 Å². The van der Waals surface area contributed by atoms with Crippen LogP contribution in [0.4, 0.5) is 5.69 Å². The Hall–Kier alpha value is -0.999. The van der Waals surface area contributed by atoms with Crippen LogP contribution in [0, 0.1) is 0 Å². The van der Waals surface area contributed by atoms with Gasteiger partial charge in [-0.05, 0) is 64.8 Å². The fraction of sp³-hybridized carbons (Fsp3) is 0.550. The lowest BCUT2D eigenvalue weighted by Crippen LogP contribution is -2.46. The summed E-state index contributed by atoms with van der Waals surface area (Å²) in [6.07, 6.45) is 0.844. The molecule has 1 rings (SSSR count). The Kier molecular flexibility index (Phi) is 8.88. The van der Waals surface area contributed by atoms with Gasteiger partial charge in [-0.3, -0.25) is 4.79 Å². The molecule has 1 aromatic carbocycles. The molecular formula is C20H36NO3Si3. The number of carbonyl (C=O) groups is 1. The van der Waals surface area contributed by atoms with Crippen LogP contribution in [0.2, 0.25) is 44.8 Å². The minimum Gasteiger partial charge on any atom is -0.435 e. The van der Waals surface area contributed by atoms with Crippen molar-refractivity contribution in [2.24, 2.45) is 0 Å². The lowest BCUT2D eigenvalue weighted by Gasteiger charge is -2.33. The molecule has 0 spiro atoms. The molecule has 0 heterocycles. The molecule has 1 radical (unpaired) electrons. The first-order valence-corrected chi connectivity index (χ1v) is 17.8. The number of anilines is 1. The third kappa shape index (κ3) is 9.16. The number of para-hydroxylation sites is 1. The minimum absolute atomic E-state index is 0.0283. The summed E-state index contributed by atoms with van der Waals surface area (Å²) in [5, 5.41) is 0. The van der Waals surface area contributed by atoms with E-state index in [0.717, 1.165) is 12.1 Å². The fourth-order valence-electron chi connectivity index (χ4n) is 2.45. The van der Waals surface area contributed by atoms with E-state index in [9.17, 15) is 4.79 Å². The van der Waals surface area contributed by atoms with Crippen LogP contribution in [0.5, 0.6) is 0 Å². The molecule has 1 amide bonds. The van der Waals surface area contributed by atoms with E-state index in [1.165, 1.54) is 0 Å². The molecule has 1 atom stereocenters. The summed E-state index contributed by atoms with van der Waals surface area (Å²) < 4.78 is 12.9. The summed E-state index contributed by atoms with van der Waals surface area (Å²) in [5.41, 5.74) is 1.75. The number of rotatable bonds is 10. The SMILES string of the molecule is C=C(C)C(=O)N(CCC(C)[Si](O[Si](C)(C)C)O[Si](C)(C)C)c1ccccc1. The molecular weight excluding hydrogens is 386 g/mol. The van der Waals surface area contributed by atoms with E-state index in [1.54, 1.807) is 6.92 Å². The van der Waals surface area contributed by atoms with Gasteiger partial charge in [-0.15, -0.1) is 0 Å². The summed E-state index contributed by atoms with van der Waals surface area (Å²) >= 11 is 0. The molecule has 0 aliphatic carbocycles. The largest absolute Gasteiger partial charge is 0.435 e. The van der Waals surface area contributed by atoms with Gasteiger partial charge < -0.3 is 13.1 Å². The number of hydrogen-bond donors (Lipinski definition) is 0. The van der Waals surface area contributed by atoms with Crippen LogP contribution in [0.1, 0.15) is 20.3 Å². The molecule has 0 aliphatic rings. The van der Waals surface area contributed by atoms with Crippen molar-refractivity contribution in [2.75, 3.05) is 11.4 Å². The summed E-state index contributed by atoms with van der Waals surface area (Å²) in [6, 6.07) is 9.80. The summed E-state index contributed by atoms with van der Waals surface area (Å²) in [7, 11) is -4.79. The third-order valence-corrected chi connectivity index (χ3v) is 11.3. The Balaban J connectivity index is 2.92. The Morgan fingerprint density at radius 1 is 1.07 bits per heavy atom. The van der Waals surface area contributed by atoms with E-state index in [0.29, 0.717) is 12.1 Å². The molecule has 0 bridgehead atoms. The summed E-state index contributed by atoms with van der Waals surface area (Å²) in [6.45, 7) is 21.7. The topological polar surface area (TPSA) is 38.8 Å². The highest BCUT2D eigenvalue weighted by Gasteiger charge is 2.34. The maximum atomic E-state index is 12.7. The normalized spacial score (nSPS) is 13.5. The molecule has 0 saturated carbocycles. The van der Waals surface area contributed by atoms with E-state index in [-0.39, 0.29) is 11.4 Å². The van der Waals surface area contributed by atoms with Crippen molar-refractivity contribution in [1.29, 1.82) is 0 Å². The van der Waals surface area contributed by atoms with E-state index >= 15 is 0 Å². The predicted octanol–water partition coefficient (Wildman–Crippen LogP) is 5.57. The highest BCUT2D eigenvalue weighted by molar-refractivity contribution is 6.81. The van der Waals surface area contributed by atoms with Gasteiger partial charge in [-0.25, -0.2) is 0 Å². The monoisotopic (exact) mass is 422 g/mol. The molecule has 0 aliphatic heterocycles. The highest BCUT2D eigenvalue weighted by Crippen LogP contribution is 2.25. The van der Waals surface area contributed by atoms with E-state index in [4.69, 9.17) is 8.23 Å². The average Bonchev–Trinajstić information content (AvgIpc) is 2.52. The number of benzene rings is 1. The molecule has 151 valence electrons. The molecule has 0 saturated heterocycles. The first-order valence-electron chi connectivity index (χ1n) is 9.57. The third-order valence-electron chi connectivity index (χ3n) is 3.68. The van der Waals surface area contributed by atoms with E-state index < -0.39 is 25.9 Å². The van der Waals surface area contributed by atoms with Crippen molar-refractivity contribution < 1.29 is 13.0 Å². The van der Waals surface area contributed by atoms with Crippen molar-refractivity contribution in [3.63, 3.8) is 0 Å². The maximum Gasteiger partial charge on any atom is 0.365 e. The Bertz CT molecular complexity index is 608. The first-order chi connectivity index (χ1) is 12.3. The summed E-state index contributed by atoms with van der Waals surface area (Å²) in [4.78, 5) is 14.5. The second-order valence-corrected chi connectivity index (χ2v) is 20.7. The van der Waals surface area contributed by atoms with Crippen LogP contribution in [0.15, 0.2) is 42.5 Å². The van der Waals surface area contributed by atoms with Gasteiger partial charge in [-0.2, -0.15) is 0 Å². The lowest BCUT2D eigenvalue weighted by molar-refractivity contribution is -0.115. The minimum atomic E-state index is -1.69. The Morgan fingerprint density at radius 3 is 1.96 bits per heavy atom. The zero-order valence-corrected chi connectivity index (χ0v) is 21.3. The summed E-state index contributed by atoms with van der Waals surface area (Å²) in [5.74, 6) is -0.0283. The van der Waals surface area contributed by atoms with E-state index in [2.05, 4.69) is 52.8 Å². The van der Waals surface area contributed by atoms with Crippen LogP contribution >= 0.6 is 0 Å². The van der Waals surface area contributed by atoms with Crippen LogP contribution in [0.25, 0.3) is 0 Å². The molecule has 0 aromatic heterocycles. The fourth-order valence-corrected chi connectivity index (χ4v) is 9.80. The van der Waals surface area contributed by atoms with Crippen LogP contribution < -0.4 is 4.90 Å². The molecule has 4 nitrogen and oxygen atoms in total. The first kappa shape index (κ1) is 24.0. The van der Waals surface area contributed by atoms with Crippen molar-refractivity contribution in [1.82, 2.24) is 0 Å². The lowest BCUT2D eigenvalue weighted by atomic mass is 10.2. The van der Waals surface area contributed by atoms with Gasteiger partial charge in [0, 0.05) is 23.3 Å². The second kappa shape index (κ2) is 9.97. The standard InChI is InChI=1S/C20H36NO3Si3/c1-17(2)20(22)21(19-13-11-10-12-14-19)16-15-18(3)25(23-26(4,5)6)24-27(7,8)9/h10-14,18H,1,15-16H2,2-9H3.